The average molecular weight is 163 g/mol. The first kappa shape index (κ1) is 11.9. The summed E-state index contributed by atoms with van der Waals surface area (Å²) < 4.78 is 5.02. The third-order valence-corrected chi connectivity index (χ3v) is 1.94. The first-order valence-corrected chi connectivity index (χ1v) is 3.87. The maximum atomic E-state index is 10.8. The van der Waals surface area contributed by atoms with Crippen molar-refractivity contribution in [1.82, 2.24) is 0 Å². The van der Waals surface area contributed by atoms with E-state index in [0.717, 1.165) is 0 Å². The molecule has 4 heteroatoms. The van der Waals surface area contributed by atoms with Crippen LogP contribution in [0.2, 0.25) is 0 Å². The Morgan fingerprint density at radius 2 is 2.00 bits per heavy atom. The van der Waals surface area contributed by atoms with Gasteiger partial charge < -0.3 is 10.1 Å². The van der Waals surface area contributed by atoms with Crippen LogP contribution in [0.4, 0.5) is 4.79 Å². The molecule has 3 nitrogen and oxygen atoms in total. The van der Waals surface area contributed by atoms with Gasteiger partial charge in [-0.1, -0.05) is 25.8 Å². The summed E-state index contributed by atoms with van der Waals surface area (Å²) in [7, 11) is 0. The van der Waals surface area contributed by atoms with Crippen LogP contribution in [0.25, 0.3) is 5.32 Å². The van der Waals surface area contributed by atoms with Crippen LogP contribution in [0.3, 0.4) is 0 Å². The average Bonchev–Trinajstić information content (AvgIpc) is 2.04. The van der Waals surface area contributed by atoms with Crippen molar-refractivity contribution < 1.29 is 28.4 Å². The van der Waals surface area contributed by atoms with Crippen LogP contribution in [0.15, 0.2) is 0 Å². The van der Waals surface area contributed by atoms with E-state index in [1.54, 1.807) is 0 Å². The fourth-order valence-electron chi connectivity index (χ4n) is 1.53. The molecule has 1 aliphatic rings. The third kappa shape index (κ3) is 2.18. The van der Waals surface area contributed by atoms with E-state index in [-0.39, 0.29) is 24.9 Å². The molecule has 0 aromatic rings. The fourth-order valence-corrected chi connectivity index (χ4v) is 1.53. The SMILES string of the molecule is CC(C)[C@@H]1[N-]C(=O)OC1(C)C.[Li+]. The standard InChI is InChI=1S/C8H15NO2.Li/c1-5(2)6-8(3,4)11-7(10)9-6;/h5-6H,1-4H3,(H,9,10);/q;+1/p-1/t6-;/m0./s1. The van der Waals surface area contributed by atoms with Gasteiger partial charge in [0.15, 0.2) is 0 Å². The zero-order valence-electron chi connectivity index (χ0n) is 8.42. The molecule has 12 heavy (non-hydrogen) atoms. The monoisotopic (exact) mass is 163 g/mol. The van der Waals surface area contributed by atoms with Gasteiger partial charge in [0.05, 0.1) is 5.60 Å². The second-order valence-corrected chi connectivity index (χ2v) is 3.79. The zero-order valence-corrected chi connectivity index (χ0v) is 8.42. The molecule has 1 amide bonds. The molecule has 0 spiro atoms. The van der Waals surface area contributed by atoms with E-state index in [1.807, 2.05) is 27.7 Å². The molecule has 0 radical (unpaired) electrons. The van der Waals surface area contributed by atoms with Crippen molar-refractivity contribution >= 4 is 6.09 Å². The van der Waals surface area contributed by atoms with Crippen LogP contribution in [0, 0.1) is 5.92 Å². The second-order valence-electron chi connectivity index (χ2n) is 3.79. The maximum absolute atomic E-state index is 10.8. The summed E-state index contributed by atoms with van der Waals surface area (Å²) in [4.78, 5) is 10.8. The van der Waals surface area contributed by atoms with Crippen molar-refractivity contribution in [2.45, 2.75) is 39.3 Å². The summed E-state index contributed by atoms with van der Waals surface area (Å²) in [6.07, 6.45) is -0.423. The molecular formula is C8H14LiNO2. The Morgan fingerprint density at radius 3 is 2.17 bits per heavy atom. The predicted molar refractivity (Wildman–Crippen MR) is 42.5 cm³/mol. The van der Waals surface area contributed by atoms with E-state index < -0.39 is 11.7 Å². The van der Waals surface area contributed by atoms with Crippen molar-refractivity contribution in [2.75, 3.05) is 0 Å². The van der Waals surface area contributed by atoms with Gasteiger partial charge in [-0.15, -0.1) is 0 Å². The van der Waals surface area contributed by atoms with Gasteiger partial charge >= 0.3 is 18.9 Å². The number of carbonyl (C=O) groups is 1. The molecule has 0 aliphatic carbocycles. The molecule has 0 aromatic heterocycles. The van der Waals surface area contributed by atoms with Gasteiger partial charge in [-0.3, -0.25) is 4.79 Å². The predicted octanol–water partition coefficient (Wildman–Crippen LogP) is -0.682. The third-order valence-electron chi connectivity index (χ3n) is 1.94. The minimum Gasteiger partial charge on any atom is -0.611 e. The van der Waals surface area contributed by atoms with E-state index in [4.69, 9.17) is 4.74 Å². The number of carbonyl (C=O) groups excluding carboxylic acids is 1. The topological polar surface area (TPSA) is 40.4 Å². The van der Waals surface area contributed by atoms with Gasteiger partial charge in [0, 0.05) is 0 Å². The van der Waals surface area contributed by atoms with Gasteiger partial charge in [0.2, 0.25) is 6.09 Å². The Bertz CT molecular complexity index is 180. The number of nitrogens with zero attached hydrogens (tertiary/aromatic N) is 1. The molecule has 1 rings (SSSR count). The summed E-state index contributed by atoms with van der Waals surface area (Å²) >= 11 is 0. The largest absolute Gasteiger partial charge is 1.00 e. The molecule has 0 N–H and O–H groups in total. The first-order chi connectivity index (χ1) is 4.93. The summed E-state index contributed by atoms with van der Waals surface area (Å²) in [5, 5.41) is 3.88. The van der Waals surface area contributed by atoms with Gasteiger partial charge in [-0.25, -0.2) is 0 Å². The van der Waals surface area contributed by atoms with Crippen LogP contribution in [-0.2, 0) is 4.74 Å². The van der Waals surface area contributed by atoms with E-state index in [1.165, 1.54) is 0 Å². The van der Waals surface area contributed by atoms with Crippen molar-refractivity contribution in [3.63, 3.8) is 0 Å². The smallest absolute Gasteiger partial charge is 0.611 e. The molecule has 1 atom stereocenters. The summed E-state index contributed by atoms with van der Waals surface area (Å²) in [6, 6.07) is 0.00926. The summed E-state index contributed by atoms with van der Waals surface area (Å²) in [5.41, 5.74) is -0.411. The van der Waals surface area contributed by atoms with Gasteiger partial charge in [0.1, 0.15) is 0 Å². The number of hydrogen-bond donors (Lipinski definition) is 0. The van der Waals surface area contributed by atoms with Crippen molar-refractivity contribution in [3.8, 4) is 0 Å². The number of hydrogen-bond acceptors (Lipinski definition) is 2. The second kappa shape index (κ2) is 3.72. The van der Waals surface area contributed by atoms with E-state index in [9.17, 15) is 4.79 Å². The molecule has 1 saturated heterocycles. The number of amides is 1. The van der Waals surface area contributed by atoms with Gasteiger partial charge in [-0.2, -0.15) is 0 Å². The molecule has 0 unspecified atom stereocenters. The van der Waals surface area contributed by atoms with Crippen LogP contribution in [-0.4, -0.2) is 17.7 Å². The molecule has 0 saturated carbocycles. The summed E-state index contributed by atoms with van der Waals surface area (Å²) in [6.45, 7) is 7.87. The Hall–Kier alpha value is -0.133. The molecule has 1 heterocycles. The van der Waals surface area contributed by atoms with Crippen LogP contribution in [0.5, 0.6) is 0 Å². The Balaban J connectivity index is 0.00000121. The number of ether oxygens (including phenoxy) is 1. The molecule has 0 bridgehead atoms. The quantitative estimate of drug-likeness (QED) is 0.480. The maximum Gasteiger partial charge on any atom is 1.00 e. The van der Waals surface area contributed by atoms with Crippen molar-refractivity contribution in [1.29, 1.82) is 0 Å². The Kier molecular flexibility index (Phi) is 3.68. The number of cyclic esters (lactones) is 1. The normalized spacial score (nSPS) is 26.1. The Morgan fingerprint density at radius 1 is 1.50 bits per heavy atom. The molecule has 64 valence electrons. The van der Waals surface area contributed by atoms with Crippen molar-refractivity contribution in [3.05, 3.63) is 5.32 Å². The minimum absolute atomic E-state index is 0. The molecule has 1 aliphatic heterocycles. The van der Waals surface area contributed by atoms with E-state index in [2.05, 4.69) is 5.32 Å². The molecule has 0 aromatic carbocycles. The minimum atomic E-state index is -0.423. The van der Waals surface area contributed by atoms with Gasteiger partial charge in [-0.05, 0) is 13.8 Å². The number of rotatable bonds is 1. The van der Waals surface area contributed by atoms with Gasteiger partial charge in [0.25, 0.3) is 0 Å². The fraction of sp³-hybridized carbons (Fsp3) is 0.875. The zero-order chi connectivity index (χ0) is 8.65. The van der Waals surface area contributed by atoms with Crippen LogP contribution in [0.1, 0.15) is 27.7 Å². The Labute approximate surface area is 85.4 Å². The first-order valence-electron chi connectivity index (χ1n) is 3.87. The summed E-state index contributed by atoms with van der Waals surface area (Å²) in [5.74, 6) is 0.358. The van der Waals surface area contributed by atoms with Crippen molar-refractivity contribution in [2.24, 2.45) is 5.92 Å². The van der Waals surface area contributed by atoms with Crippen LogP contribution >= 0.6 is 0 Å². The molecule has 1 fully saturated rings. The molecular weight excluding hydrogens is 149 g/mol. The van der Waals surface area contributed by atoms with E-state index >= 15 is 0 Å². The van der Waals surface area contributed by atoms with E-state index in [0.29, 0.717) is 5.92 Å². The van der Waals surface area contributed by atoms with Crippen LogP contribution < -0.4 is 18.9 Å².